The molecule has 5 nitrogen and oxygen atoms in total. The van der Waals surface area contributed by atoms with Gasteiger partial charge < -0.3 is 9.64 Å². The molecule has 3 rings (SSSR count). The van der Waals surface area contributed by atoms with Gasteiger partial charge in [0.1, 0.15) is 10.8 Å². The zero-order chi connectivity index (χ0) is 19.2. The molecule has 1 saturated carbocycles. The number of carbonyl (C=O) groups is 2. The maximum absolute atomic E-state index is 13.6. The van der Waals surface area contributed by atoms with E-state index in [9.17, 15) is 14.0 Å². The van der Waals surface area contributed by atoms with E-state index < -0.39 is 11.8 Å². The first kappa shape index (κ1) is 19.5. The van der Waals surface area contributed by atoms with Gasteiger partial charge in [-0.25, -0.2) is 14.2 Å². The Bertz CT molecular complexity index is 802. The summed E-state index contributed by atoms with van der Waals surface area (Å²) in [5.41, 5.74) is 0.599. The summed E-state index contributed by atoms with van der Waals surface area (Å²) in [5.74, 6) is -1.08. The Hall–Kier alpha value is -2.28. The summed E-state index contributed by atoms with van der Waals surface area (Å²) >= 11 is 1.33. The van der Waals surface area contributed by atoms with Gasteiger partial charge in [0.25, 0.3) is 5.91 Å². The third-order valence-electron chi connectivity index (χ3n) is 4.69. The van der Waals surface area contributed by atoms with E-state index in [4.69, 9.17) is 4.74 Å². The van der Waals surface area contributed by atoms with Crippen molar-refractivity contribution in [3.05, 3.63) is 51.7 Å². The summed E-state index contributed by atoms with van der Waals surface area (Å²) in [6.45, 7) is 2.34. The maximum Gasteiger partial charge on any atom is 0.357 e. The third-order valence-corrected chi connectivity index (χ3v) is 5.52. The van der Waals surface area contributed by atoms with E-state index in [0.717, 1.165) is 25.7 Å². The molecule has 0 radical (unpaired) electrons. The van der Waals surface area contributed by atoms with Gasteiger partial charge in [-0.05, 0) is 38.0 Å². The second-order valence-electron chi connectivity index (χ2n) is 6.58. The molecule has 0 saturated heterocycles. The Morgan fingerprint density at radius 1 is 1.30 bits per heavy atom. The molecule has 0 unspecified atom stereocenters. The van der Waals surface area contributed by atoms with Crippen molar-refractivity contribution in [3.63, 3.8) is 0 Å². The first-order chi connectivity index (χ1) is 13.1. The molecule has 1 aromatic carbocycles. The van der Waals surface area contributed by atoms with Crippen LogP contribution in [0.5, 0.6) is 0 Å². The number of hydrogen-bond donors (Lipinski definition) is 0. The average Bonchev–Trinajstić information content (AvgIpc) is 3.15. The Kier molecular flexibility index (Phi) is 6.55. The molecule has 0 bridgehead atoms. The van der Waals surface area contributed by atoms with E-state index in [0.29, 0.717) is 17.1 Å². The van der Waals surface area contributed by atoms with Crippen LogP contribution in [-0.2, 0) is 11.3 Å². The summed E-state index contributed by atoms with van der Waals surface area (Å²) in [6, 6.07) is 5.87. The van der Waals surface area contributed by atoms with E-state index in [1.807, 2.05) is 0 Å². The van der Waals surface area contributed by atoms with Crippen LogP contribution in [-0.4, -0.2) is 34.4 Å². The molecule has 1 aromatic heterocycles. The van der Waals surface area contributed by atoms with Gasteiger partial charge in [0, 0.05) is 17.0 Å². The molecule has 1 aliphatic rings. The van der Waals surface area contributed by atoms with Gasteiger partial charge in [-0.3, -0.25) is 4.79 Å². The van der Waals surface area contributed by atoms with Crippen LogP contribution in [0.25, 0.3) is 0 Å². The number of rotatable bonds is 6. The Morgan fingerprint density at radius 3 is 2.78 bits per heavy atom. The van der Waals surface area contributed by atoms with Crippen molar-refractivity contribution < 1.29 is 18.7 Å². The number of halogens is 1. The van der Waals surface area contributed by atoms with E-state index in [1.54, 1.807) is 29.3 Å². The highest BCUT2D eigenvalue weighted by Crippen LogP contribution is 2.26. The van der Waals surface area contributed by atoms with Gasteiger partial charge >= 0.3 is 5.97 Å². The van der Waals surface area contributed by atoms with Crippen LogP contribution in [0, 0.1) is 5.82 Å². The quantitative estimate of drug-likeness (QED) is 0.685. The molecule has 0 aliphatic heterocycles. The Labute approximate surface area is 162 Å². The lowest BCUT2D eigenvalue weighted by atomic mass is 9.93. The highest BCUT2D eigenvalue weighted by atomic mass is 32.1. The number of hydrogen-bond acceptors (Lipinski definition) is 5. The zero-order valence-corrected chi connectivity index (χ0v) is 16.1. The molecule has 1 heterocycles. The Morgan fingerprint density at radius 2 is 2.07 bits per heavy atom. The van der Waals surface area contributed by atoms with Crippen molar-refractivity contribution in [1.29, 1.82) is 0 Å². The molecule has 1 fully saturated rings. The minimum absolute atomic E-state index is 0.101. The first-order valence-electron chi connectivity index (χ1n) is 9.26. The van der Waals surface area contributed by atoms with Crippen molar-refractivity contribution >= 4 is 23.2 Å². The van der Waals surface area contributed by atoms with Gasteiger partial charge in [-0.2, -0.15) is 0 Å². The molecule has 2 aromatic rings. The van der Waals surface area contributed by atoms with Crippen molar-refractivity contribution in [2.24, 2.45) is 0 Å². The van der Waals surface area contributed by atoms with E-state index >= 15 is 0 Å². The van der Waals surface area contributed by atoms with Crippen LogP contribution < -0.4 is 0 Å². The smallest absolute Gasteiger partial charge is 0.357 e. The summed E-state index contributed by atoms with van der Waals surface area (Å²) in [7, 11) is 0. The molecular formula is C20H23FN2O3S. The van der Waals surface area contributed by atoms with Crippen LogP contribution >= 0.6 is 11.3 Å². The van der Waals surface area contributed by atoms with E-state index in [2.05, 4.69) is 4.98 Å². The fourth-order valence-corrected chi connectivity index (χ4v) is 4.14. The standard InChI is InChI=1S/C20H23FN2O3S/c1-2-26-20(25)17-13-27-18(22-17)12-23(16-9-4-3-5-10-16)19(24)14-7-6-8-15(21)11-14/h6-8,11,13,16H,2-5,9-10,12H2,1H3. The molecule has 1 aliphatic carbocycles. The molecular weight excluding hydrogens is 367 g/mol. The number of carbonyl (C=O) groups excluding carboxylic acids is 2. The topological polar surface area (TPSA) is 59.5 Å². The van der Waals surface area contributed by atoms with E-state index in [-0.39, 0.29) is 24.2 Å². The minimum atomic E-state index is -0.458. The third kappa shape index (κ3) is 4.91. The number of benzene rings is 1. The molecule has 0 atom stereocenters. The van der Waals surface area contributed by atoms with Gasteiger partial charge in [0.05, 0.1) is 13.2 Å². The van der Waals surface area contributed by atoms with Crippen molar-refractivity contribution in [2.45, 2.75) is 51.6 Å². The average molecular weight is 390 g/mol. The SMILES string of the molecule is CCOC(=O)c1csc(CN(C(=O)c2cccc(F)c2)C2CCCCC2)n1. The second-order valence-corrected chi connectivity index (χ2v) is 7.52. The molecule has 144 valence electrons. The van der Waals surface area contributed by atoms with Crippen LogP contribution in [0.3, 0.4) is 0 Å². The molecule has 1 amide bonds. The van der Waals surface area contributed by atoms with Gasteiger partial charge in [-0.1, -0.05) is 25.3 Å². The summed E-state index contributed by atoms with van der Waals surface area (Å²) in [6.07, 6.45) is 5.17. The maximum atomic E-state index is 13.6. The fourth-order valence-electron chi connectivity index (χ4n) is 3.37. The van der Waals surface area contributed by atoms with Gasteiger partial charge in [0.2, 0.25) is 0 Å². The summed E-state index contributed by atoms with van der Waals surface area (Å²) in [5, 5.41) is 2.33. The highest BCUT2D eigenvalue weighted by molar-refractivity contribution is 7.09. The van der Waals surface area contributed by atoms with Crippen LogP contribution in [0.2, 0.25) is 0 Å². The van der Waals surface area contributed by atoms with Gasteiger partial charge in [-0.15, -0.1) is 11.3 Å². The van der Waals surface area contributed by atoms with Crippen LogP contribution in [0.1, 0.15) is 64.9 Å². The number of aromatic nitrogens is 1. The van der Waals surface area contributed by atoms with Crippen molar-refractivity contribution in [3.8, 4) is 0 Å². The number of amides is 1. The predicted molar refractivity (Wildman–Crippen MR) is 101 cm³/mol. The lowest BCUT2D eigenvalue weighted by molar-refractivity contribution is 0.0520. The molecule has 0 spiro atoms. The fraction of sp³-hybridized carbons (Fsp3) is 0.450. The number of nitrogens with zero attached hydrogens (tertiary/aromatic N) is 2. The highest BCUT2D eigenvalue weighted by Gasteiger charge is 2.28. The number of ether oxygens (including phenoxy) is 1. The molecule has 7 heteroatoms. The molecule has 27 heavy (non-hydrogen) atoms. The monoisotopic (exact) mass is 390 g/mol. The number of esters is 1. The van der Waals surface area contributed by atoms with Crippen molar-refractivity contribution in [2.75, 3.05) is 6.61 Å². The second kappa shape index (κ2) is 9.08. The summed E-state index contributed by atoms with van der Waals surface area (Å²) in [4.78, 5) is 31.0. The largest absolute Gasteiger partial charge is 0.461 e. The predicted octanol–water partition coefficient (Wildman–Crippen LogP) is 4.43. The van der Waals surface area contributed by atoms with Crippen molar-refractivity contribution in [1.82, 2.24) is 9.88 Å². The summed E-state index contributed by atoms with van der Waals surface area (Å²) < 4.78 is 18.6. The van der Waals surface area contributed by atoms with Crippen LogP contribution in [0.15, 0.2) is 29.6 Å². The molecule has 0 N–H and O–H groups in total. The normalized spacial score (nSPS) is 14.7. The number of thiazole rings is 1. The lowest BCUT2D eigenvalue weighted by Gasteiger charge is -2.34. The van der Waals surface area contributed by atoms with E-state index in [1.165, 1.54) is 29.9 Å². The van der Waals surface area contributed by atoms with Gasteiger partial charge in [0.15, 0.2) is 5.69 Å². The van der Waals surface area contributed by atoms with Crippen LogP contribution in [0.4, 0.5) is 4.39 Å². The first-order valence-corrected chi connectivity index (χ1v) is 10.1. The minimum Gasteiger partial charge on any atom is -0.461 e. The lowest BCUT2D eigenvalue weighted by Crippen LogP contribution is -2.41. The zero-order valence-electron chi connectivity index (χ0n) is 15.3. The Balaban J connectivity index is 1.82.